The van der Waals surface area contributed by atoms with E-state index in [9.17, 15) is 15.3 Å². The number of nitrogens with one attached hydrogen (secondary N) is 1. The summed E-state index contributed by atoms with van der Waals surface area (Å²) >= 11 is 2.64. The second kappa shape index (κ2) is 9.45. The lowest BCUT2D eigenvalue weighted by molar-refractivity contribution is -0.115. The smallest absolute Gasteiger partial charge is 0.237 e. The van der Waals surface area contributed by atoms with Gasteiger partial charge in [-0.05, 0) is 53.4 Å². The molecule has 3 aromatic rings. The molecule has 1 atom stereocenters. The van der Waals surface area contributed by atoms with E-state index in [1.807, 2.05) is 54.9 Å². The molecule has 30 heavy (non-hydrogen) atoms. The van der Waals surface area contributed by atoms with Gasteiger partial charge in [0.1, 0.15) is 28.5 Å². The zero-order valence-electron chi connectivity index (χ0n) is 16.5. The SMILES string of the molecule is CCC(Sc1nc(N)c(C#N)c(-c2ccsc2)c1C#N)C(=O)Nc1cccc(C)c1. The number of hydrogen-bond acceptors (Lipinski definition) is 7. The number of thioether (sulfide) groups is 1. The predicted octanol–water partition coefficient (Wildman–Crippen LogP) is 4.95. The largest absolute Gasteiger partial charge is 0.383 e. The standard InChI is InChI=1S/C22H19N5OS2/c1-3-18(21(28)26-15-6-4-5-13(2)9-15)30-22-17(11-24)19(14-7-8-29-12-14)16(10-23)20(25)27-22/h4-9,12,18H,3H2,1-2H3,(H2,25,27)(H,26,28). The lowest BCUT2D eigenvalue weighted by Gasteiger charge is -2.17. The highest BCUT2D eigenvalue weighted by molar-refractivity contribution is 8.00. The van der Waals surface area contributed by atoms with Crippen molar-refractivity contribution in [3.05, 3.63) is 57.8 Å². The number of aryl methyl sites for hydroxylation is 1. The summed E-state index contributed by atoms with van der Waals surface area (Å²) < 4.78 is 0. The Kier molecular flexibility index (Phi) is 6.73. The van der Waals surface area contributed by atoms with Crippen molar-refractivity contribution in [2.24, 2.45) is 0 Å². The second-order valence-corrected chi connectivity index (χ2v) is 8.51. The maximum Gasteiger partial charge on any atom is 0.237 e. The average Bonchev–Trinajstić information content (AvgIpc) is 3.25. The van der Waals surface area contributed by atoms with Crippen molar-refractivity contribution in [1.29, 1.82) is 10.5 Å². The Labute approximate surface area is 183 Å². The third-order valence-electron chi connectivity index (χ3n) is 4.43. The summed E-state index contributed by atoms with van der Waals surface area (Å²) in [6, 6.07) is 13.6. The third-order valence-corrected chi connectivity index (χ3v) is 6.46. The van der Waals surface area contributed by atoms with Crippen LogP contribution < -0.4 is 11.1 Å². The van der Waals surface area contributed by atoms with Crippen LogP contribution in [0, 0.1) is 29.6 Å². The minimum atomic E-state index is -0.479. The van der Waals surface area contributed by atoms with Crippen molar-refractivity contribution in [3.63, 3.8) is 0 Å². The molecule has 0 saturated heterocycles. The molecule has 0 saturated carbocycles. The molecule has 1 unspecified atom stereocenters. The number of rotatable bonds is 6. The fourth-order valence-corrected chi connectivity index (χ4v) is 4.65. The van der Waals surface area contributed by atoms with E-state index >= 15 is 0 Å². The molecule has 2 aromatic heterocycles. The van der Waals surface area contributed by atoms with Crippen LogP contribution in [0.5, 0.6) is 0 Å². The lowest BCUT2D eigenvalue weighted by Crippen LogP contribution is -2.25. The van der Waals surface area contributed by atoms with Crippen LogP contribution in [0.1, 0.15) is 30.0 Å². The molecule has 1 amide bonds. The van der Waals surface area contributed by atoms with Gasteiger partial charge in [0.25, 0.3) is 0 Å². The Bertz CT molecular complexity index is 1160. The number of nitrogens with zero attached hydrogens (tertiary/aromatic N) is 3. The van der Waals surface area contributed by atoms with Gasteiger partial charge in [-0.2, -0.15) is 21.9 Å². The van der Waals surface area contributed by atoms with Crippen molar-refractivity contribution in [2.75, 3.05) is 11.1 Å². The van der Waals surface area contributed by atoms with Crippen LogP contribution in [0.4, 0.5) is 11.5 Å². The number of carbonyl (C=O) groups excluding carboxylic acids is 1. The minimum Gasteiger partial charge on any atom is -0.383 e. The highest BCUT2D eigenvalue weighted by Crippen LogP contribution is 2.38. The van der Waals surface area contributed by atoms with Gasteiger partial charge in [-0.25, -0.2) is 4.98 Å². The van der Waals surface area contributed by atoms with Crippen LogP contribution in [0.2, 0.25) is 0 Å². The van der Waals surface area contributed by atoms with Crippen molar-refractivity contribution in [1.82, 2.24) is 4.98 Å². The normalized spacial score (nSPS) is 11.3. The molecule has 0 fully saturated rings. The van der Waals surface area contributed by atoms with Crippen molar-refractivity contribution in [2.45, 2.75) is 30.5 Å². The van der Waals surface area contributed by atoms with Crippen molar-refractivity contribution < 1.29 is 4.79 Å². The molecule has 3 N–H and O–H groups in total. The minimum absolute atomic E-state index is 0.0501. The van der Waals surface area contributed by atoms with E-state index in [-0.39, 0.29) is 22.9 Å². The van der Waals surface area contributed by atoms with E-state index < -0.39 is 5.25 Å². The Morgan fingerprint density at radius 2 is 2.07 bits per heavy atom. The molecule has 150 valence electrons. The van der Waals surface area contributed by atoms with E-state index in [2.05, 4.69) is 22.4 Å². The molecule has 0 aliphatic rings. The highest BCUT2D eigenvalue weighted by atomic mass is 32.2. The number of hydrogen-bond donors (Lipinski definition) is 2. The lowest BCUT2D eigenvalue weighted by atomic mass is 9.99. The summed E-state index contributed by atoms with van der Waals surface area (Å²) in [6.45, 7) is 3.85. The average molecular weight is 434 g/mol. The van der Waals surface area contributed by atoms with Crippen LogP contribution in [0.3, 0.4) is 0 Å². The Balaban J connectivity index is 1.98. The molecule has 0 bridgehead atoms. The molecule has 2 heterocycles. The summed E-state index contributed by atoms with van der Waals surface area (Å²) in [7, 11) is 0. The number of thiophene rings is 1. The van der Waals surface area contributed by atoms with Gasteiger partial charge < -0.3 is 11.1 Å². The number of amides is 1. The van der Waals surface area contributed by atoms with Gasteiger partial charge in [0, 0.05) is 11.3 Å². The number of nitrogens with two attached hydrogens (primary N) is 1. The van der Waals surface area contributed by atoms with Gasteiger partial charge in [-0.1, -0.05) is 30.8 Å². The quantitative estimate of drug-likeness (QED) is 0.531. The number of anilines is 2. The molecule has 0 aliphatic heterocycles. The summed E-state index contributed by atoms with van der Waals surface area (Å²) in [6.07, 6.45) is 0.530. The van der Waals surface area contributed by atoms with Crippen molar-refractivity contribution >= 4 is 40.5 Å². The van der Waals surface area contributed by atoms with Crippen LogP contribution >= 0.6 is 23.1 Å². The second-order valence-electron chi connectivity index (χ2n) is 6.54. The maximum atomic E-state index is 12.9. The van der Waals surface area contributed by atoms with E-state index in [1.54, 1.807) is 0 Å². The van der Waals surface area contributed by atoms with Crippen LogP contribution in [0.25, 0.3) is 11.1 Å². The summed E-state index contributed by atoms with van der Waals surface area (Å²) in [5.41, 5.74) is 9.43. The number of carbonyl (C=O) groups is 1. The number of nitrogen functional groups attached to an aromatic ring is 1. The molecule has 1 aromatic carbocycles. The zero-order chi connectivity index (χ0) is 21.7. The van der Waals surface area contributed by atoms with Gasteiger partial charge in [-0.15, -0.1) is 0 Å². The first-order valence-electron chi connectivity index (χ1n) is 9.18. The van der Waals surface area contributed by atoms with Crippen molar-refractivity contribution in [3.8, 4) is 23.3 Å². The summed E-state index contributed by atoms with van der Waals surface area (Å²) in [5.74, 6) is -0.132. The summed E-state index contributed by atoms with van der Waals surface area (Å²) in [4.78, 5) is 17.2. The fourth-order valence-electron chi connectivity index (χ4n) is 2.98. The fraction of sp³-hybridized carbons (Fsp3) is 0.182. The van der Waals surface area contributed by atoms with Gasteiger partial charge in [0.15, 0.2) is 0 Å². The van der Waals surface area contributed by atoms with Gasteiger partial charge in [0.05, 0.1) is 10.8 Å². The third kappa shape index (κ3) is 4.46. The van der Waals surface area contributed by atoms with E-state index in [0.717, 1.165) is 11.1 Å². The molecular formula is C22H19N5OS2. The number of nitriles is 2. The topological polar surface area (TPSA) is 116 Å². The maximum absolute atomic E-state index is 12.9. The van der Waals surface area contributed by atoms with E-state index in [4.69, 9.17) is 5.73 Å². The molecule has 0 radical (unpaired) electrons. The molecule has 8 heteroatoms. The zero-order valence-corrected chi connectivity index (χ0v) is 18.1. The predicted molar refractivity (Wildman–Crippen MR) is 121 cm³/mol. The van der Waals surface area contributed by atoms with Gasteiger partial charge >= 0.3 is 0 Å². The molecule has 0 spiro atoms. The summed E-state index contributed by atoms with van der Waals surface area (Å²) in [5, 5.41) is 25.9. The number of aromatic nitrogens is 1. The highest BCUT2D eigenvalue weighted by Gasteiger charge is 2.25. The molecule has 0 aliphatic carbocycles. The Hall–Kier alpha value is -3.33. The first-order chi connectivity index (χ1) is 14.5. The van der Waals surface area contributed by atoms with E-state index in [1.165, 1.54) is 23.1 Å². The molecule has 3 rings (SSSR count). The van der Waals surface area contributed by atoms with Gasteiger partial charge in [-0.3, -0.25) is 4.79 Å². The van der Waals surface area contributed by atoms with Gasteiger partial charge in [0.2, 0.25) is 5.91 Å². The first-order valence-corrected chi connectivity index (χ1v) is 11.0. The van der Waals surface area contributed by atoms with Crippen LogP contribution in [-0.2, 0) is 4.79 Å². The molecular weight excluding hydrogens is 414 g/mol. The number of pyridine rings is 1. The Morgan fingerprint density at radius 1 is 1.30 bits per heavy atom. The molecule has 6 nitrogen and oxygen atoms in total. The van der Waals surface area contributed by atoms with E-state index in [0.29, 0.717) is 22.7 Å². The Morgan fingerprint density at radius 3 is 2.67 bits per heavy atom. The number of benzene rings is 1. The first kappa shape index (κ1) is 21.4. The van der Waals surface area contributed by atoms with Crippen LogP contribution in [-0.4, -0.2) is 16.1 Å². The monoisotopic (exact) mass is 433 g/mol. The van der Waals surface area contributed by atoms with Crippen LogP contribution in [0.15, 0.2) is 46.1 Å².